The van der Waals surface area contributed by atoms with Crippen molar-refractivity contribution in [3.05, 3.63) is 66.4 Å². The number of carbonyl (C=O) groups is 1. The second kappa shape index (κ2) is 7.78. The first-order valence-electron chi connectivity index (χ1n) is 8.66. The van der Waals surface area contributed by atoms with E-state index in [1.807, 2.05) is 47.4 Å². The molecule has 4 rings (SSSR count). The average molecular weight is 368 g/mol. The minimum atomic E-state index is 0.0561. The van der Waals surface area contributed by atoms with Gasteiger partial charge in [0.25, 0.3) is 0 Å². The zero-order valence-corrected chi connectivity index (χ0v) is 15.1. The second-order valence-electron chi connectivity index (χ2n) is 6.36. The molecule has 1 aromatic carbocycles. The highest BCUT2D eigenvalue weighted by Gasteiger charge is 2.27. The van der Waals surface area contributed by atoms with Crippen molar-refractivity contribution in [2.45, 2.75) is 37.1 Å². The third-order valence-electron chi connectivity index (χ3n) is 4.30. The molecule has 0 unspecified atom stereocenters. The van der Waals surface area contributed by atoms with E-state index in [0.29, 0.717) is 24.9 Å². The van der Waals surface area contributed by atoms with E-state index in [1.165, 1.54) is 11.8 Å². The molecule has 2 heterocycles. The lowest BCUT2D eigenvalue weighted by molar-refractivity contribution is -0.129. The minimum absolute atomic E-state index is 0.0561. The molecule has 3 aromatic rings. The molecule has 26 heavy (non-hydrogen) atoms. The Balaban J connectivity index is 1.43. The molecule has 1 aliphatic rings. The van der Waals surface area contributed by atoms with Crippen LogP contribution in [-0.2, 0) is 17.9 Å². The molecule has 0 atom stereocenters. The Kier molecular flexibility index (Phi) is 5.06. The van der Waals surface area contributed by atoms with Gasteiger partial charge in [-0.05, 0) is 30.5 Å². The van der Waals surface area contributed by atoms with Gasteiger partial charge >= 0.3 is 0 Å². The number of amides is 1. The molecule has 1 amide bonds. The number of rotatable bonds is 8. The highest BCUT2D eigenvalue weighted by atomic mass is 32.2. The van der Waals surface area contributed by atoms with Crippen LogP contribution in [0.3, 0.4) is 0 Å². The molecule has 1 fully saturated rings. The van der Waals surface area contributed by atoms with Crippen molar-refractivity contribution in [2.75, 3.05) is 5.75 Å². The summed E-state index contributed by atoms with van der Waals surface area (Å²) in [6.07, 6.45) is 5.72. The SMILES string of the molecule is O=C(CSc1nncn1C1CC1)N(Cc1ccccc1)Cc1ccco1. The average Bonchev–Trinajstić information content (AvgIpc) is 3.17. The fraction of sp³-hybridized carbons (Fsp3) is 0.316. The van der Waals surface area contributed by atoms with E-state index in [-0.39, 0.29) is 5.91 Å². The molecule has 134 valence electrons. The summed E-state index contributed by atoms with van der Waals surface area (Å²) in [7, 11) is 0. The van der Waals surface area contributed by atoms with E-state index in [2.05, 4.69) is 14.8 Å². The van der Waals surface area contributed by atoms with E-state index in [0.717, 1.165) is 29.3 Å². The number of carbonyl (C=O) groups excluding carboxylic acids is 1. The number of benzene rings is 1. The lowest BCUT2D eigenvalue weighted by atomic mass is 10.2. The van der Waals surface area contributed by atoms with Gasteiger partial charge in [0, 0.05) is 12.6 Å². The molecule has 0 spiro atoms. The molecule has 0 aliphatic heterocycles. The fourth-order valence-corrected chi connectivity index (χ4v) is 3.67. The van der Waals surface area contributed by atoms with E-state index < -0.39 is 0 Å². The first-order valence-corrected chi connectivity index (χ1v) is 9.64. The zero-order valence-electron chi connectivity index (χ0n) is 14.3. The number of furan rings is 1. The molecule has 2 aromatic heterocycles. The molecule has 7 heteroatoms. The summed E-state index contributed by atoms with van der Waals surface area (Å²) >= 11 is 1.45. The first kappa shape index (κ1) is 16.9. The molecule has 1 saturated carbocycles. The summed E-state index contributed by atoms with van der Waals surface area (Å²) in [6, 6.07) is 14.2. The van der Waals surface area contributed by atoms with Gasteiger partial charge < -0.3 is 13.9 Å². The van der Waals surface area contributed by atoms with Crippen LogP contribution in [0.15, 0.2) is 64.6 Å². The van der Waals surface area contributed by atoms with Crippen molar-refractivity contribution in [3.63, 3.8) is 0 Å². The summed E-state index contributed by atoms with van der Waals surface area (Å²) in [5.41, 5.74) is 1.10. The van der Waals surface area contributed by atoms with E-state index in [1.54, 1.807) is 12.6 Å². The monoisotopic (exact) mass is 368 g/mol. The normalized spacial score (nSPS) is 13.7. The van der Waals surface area contributed by atoms with Crippen molar-refractivity contribution in [1.29, 1.82) is 0 Å². The Morgan fingerprint density at radius 1 is 1.19 bits per heavy atom. The van der Waals surface area contributed by atoms with Gasteiger partial charge in [-0.1, -0.05) is 42.1 Å². The molecule has 0 N–H and O–H groups in total. The van der Waals surface area contributed by atoms with Crippen LogP contribution < -0.4 is 0 Å². The van der Waals surface area contributed by atoms with Crippen LogP contribution in [0.4, 0.5) is 0 Å². The predicted octanol–water partition coefficient (Wildman–Crippen LogP) is 3.53. The quantitative estimate of drug-likeness (QED) is 0.569. The third-order valence-corrected chi connectivity index (χ3v) is 5.24. The van der Waals surface area contributed by atoms with Gasteiger partial charge in [-0.25, -0.2) is 0 Å². The maximum absolute atomic E-state index is 12.9. The first-order chi connectivity index (χ1) is 12.8. The minimum Gasteiger partial charge on any atom is -0.467 e. The maximum atomic E-state index is 12.9. The Hall–Kier alpha value is -2.54. The van der Waals surface area contributed by atoms with Crippen LogP contribution in [0.1, 0.15) is 30.2 Å². The molecular weight excluding hydrogens is 348 g/mol. The number of hydrogen-bond acceptors (Lipinski definition) is 5. The van der Waals surface area contributed by atoms with Crippen molar-refractivity contribution < 1.29 is 9.21 Å². The summed E-state index contributed by atoms with van der Waals surface area (Å²) < 4.78 is 7.51. The van der Waals surface area contributed by atoms with Crippen molar-refractivity contribution in [1.82, 2.24) is 19.7 Å². The molecular formula is C19H20N4O2S. The summed E-state index contributed by atoms with van der Waals surface area (Å²) in [5.74, 6) is 1.17. The number of aromatic nitrogens is 3. The van der Waals surface area contributed by atoms with Gasteiger partial charge in [0.2, 0.25) is 5.91 Å². The standard InChI is InChI=1S/C19H20N4O2S/c24-18(13-26-19-21-20-14-23(19)16-8-9-16)22(12-17-7-4-10-25-17)11-15-5-2-1-3-6-15/h1-7,10,14,16H,8-9,11-13H2. The van der Waals surface area contributed by atoms with Crippen LogP contribution in [0.25, 0.3) is 0 Å². The maximum Gasteiger partial charge on any atom is 0.233 e. The molecule has 0 saturated heterocycles. The van der Waals surface area contributed by atoms with Gasteiger partial charge in [-0.15, -0.1) is 10.2 Å². The van der Waals surface area contributed by atoms with Crippen molar-refractivity contribution in [3.8, 4) is 0 Å². The predicted molar refractivity (Wildman–Crippen MR) is 98.4 cm³/mol. The van der Waals surface area contributed by atoms with Crippen molar-refractivity contribution in [2.24, 2.45) is 0 Å². The largest absolute Gasteiger partial charge is 0.467 e. The Morgan fingerprint density at radius 2 is 2.04 bits per heavy atom. The highest BCUT2D eigenvalue weighted by Crippen LogP contribution is 2.37. The van der Waals surface area contributed by atoms with Crippen LogP contribution >= 0.6 is 11.8 Å². The molecule has 6 nitrogen and oxygen atoms in total. The topological polar surface area (TPSA) is 64.2 Å². The van der Waals surface area contributed by atoms with E-state index in [9.17, 15) is 4.79 Å². The van der Waals surface area contributed by atoms with Gasteiger partial charge in [-0.3, -0.25) is 4.79 Å². The lowest BCUT2D eigenvalue weighted by Gasteiger charge is -2.21. The van der Waals surface area contributed by atoms with Gasteiger partial charge in [0.05, 0.1) is 18.6 Å². The number of nitrogens with zero attached hydrogens (tertiary/aromatic N) is 4. The van der Waals surface area contributed by atoms with Crippen LogP contribution in [0, 0.1) is 0 Å². The zero-order chi connectivity index (χ0) is 17.8. The molecule has 0 radical (unpaired) electrons. The Bertz CT molecular complexity index is 844. The van der Waals surface area contributed by atoms with E-state index >= 15 is 0 Å². The van der Waals surface area contributed by atoms with Crippen LogP contribution in [-0.4, -0.2) is 31.3 Å². The Labute approximate surface area is 156 Å². The lowest BCUT2D eigenvalue weighted by Crippen LogP contribution is -2.31. The molecule has 1 aliphatic carbocycles. The highest BCUT2D eigenvalue weighted by molar-refractivity contribution is 7.99. The summed E-state index contributed by atoms with van der Waals surface area (Å²) in [4.78, 5) is 14.7. The van der Waals surface area contributed by atoms with Gasteiger partial charge in [-0.2, -0.15) is 0 Å². The summed E-state index contributed by atoms with van der Waals surface area (Å²) in [6.45, 7) is 1.01. The van der Waals surface area contributed by atoms with Gasteiger partial charge in [0.15, 0.2) is 5.16 Å². The Morgan fingerprint density at radius 3 is 2.77 bits per heavy atom. The molecule has 0 bridgehead atoms. The smallest absolute Gasteiger partial charge is 0.233 e. The second-order valence-corrected chi connectivity index (χ2v) is 7.30. The third kappa shape index (κ3) is 4.16. The fourth-order valence-electron chi connectivity index (χ4n) is 2.78. The van der Waals surface area contributed by atoms with Crippen LogP contribution in [0.2, 0.25) is 0 Å². The van der Waals surface area contributed by atoms with E-state index in [4.69, 9.17) is 4.42 Å². The number of hydrogen-bond donors (Lipinski definition) is 0. The van der Waals surface area contributed by atoms with Crippen molar-refractivity contribution >= 4 is 17.7 Å². The number of thioether (sulfide) groups is 1. The van der Waals surface area contributed by atoms with Crippen LogP contribution in [0.5, 0.6) is 0 Å². The summed E-state index contributed by atoms with van der Waals surface area (Å²) in [5, 5.41) is 8.96. The van der Waals surface area contributed by atoms with Gasteiger partial charge in [0.1, 0.15) is 12.1 Å².